The van der Waals surface area contributed by atoms with Gasteiger partial charge in [-0.15, -0.1) is 0 Å². The second-order valence-electron chi connectivity index (χ2n) is 8.13. The summed E-state index contributed by atoms with van der Waals surface area (Å²) in [5, 5.41) is 2.33. The van der Waals surface area contributed by atoms with Crippen molar-refractivity contribution >= 4 is 40.6 Å². The average molecular weight is 528 g/mol. The molecule has 1 aromatic heterocycles. The summed E-state index contributed by atoms with van der Waals surface area (Å²) in [6.45, 7) is 0. The number of ether oxygens (including phenoxy) is 2. The van der Waals surface area contributed by atoms with Gasteiger partial charge in [-0.2, -0.15) is 13.2 Å². The maximum atomic E-state index is 14.2. The van der Waals surface area contributed by atoms with Crippen LogP contribution >= 0.6 is 0 Å². The first-order valence-corrected chi connectivity index (χ1v) is 10.9. The third kappa shape index (κ3) is 3.97. The smallest absolute Gasteiger partial charge is 0.453 e. The average Bonchev–Trinajstić information content (AvgIpc) is 3.39. The van der Waals surface area contributed by atoms with Crippen molar-refractivity contribution in [3.05, 3.63) is 89.2 Å². The van der Waals surface area contributed by atoms with Gasteiger partial charge >= 0.3 is 18.2 Å². The van der Waals surface area contributed by atoms with Crippen molar-refractivity contribution in [2.24, 2.45) is 0 Å². The molecule has 0 saturated heterocycles. The van der Waals surface area contributed by atoms with Crippen molar-refractivity contribution in [3.63, 3.8) is 0 Å². The highest BCUT2D eigenvalue weighted by molar-refractivity contribution is 6.13. The molecule has 4 aromatic rings. The molecule has 2 heterocycles. The highest BCUT2D eigenvalue weighted by atomic mass is 19.4. The minimum Gasteiger partial charge on any atom is -0.453 e. The number of fused-ring (bicyclic) bond motifs is 2. The zero-order valence-corrected chi connectivity index (χ0v) is 19.3. The van der Waals surface area contributed by atoms with Gasteiger partial charge in [-0.1, -0.05) is 30.3 Å². The van der Waals surface area contributed by atoms with Crippen molar-refractivity contribution in [1.82, 2.24) is 9.97 Å². The van der Waals surface area contributed by atoms with E-state index in [2.05, 4.69) is 20.0 Å². The third-order valence-corrected chi connectivity index (χ3v) is 5.86. The van der Waals surface area contributed by atoms with E-state index < -0.39 is 35.7 Å². The summed E-state index contributed by atoms with van der Waals surface area (Å²) in [7, 11) is 1.14. The Morgan fingerprint density at radius 3 is 2.53 bits per heavy atom. The molecule has 9 nitrogen and oxygen atoms in total. The number of anilines is 2. The molecule has 1 aliphatic rings. The summed E-state index contributed by atoms with van der Waals surface area (Å²) >= 11 is 0. The molecule has 0 saturated carbocycles. The minimum atomic E-state index is -5.42. The van der Waals surface area contributed by atoms with Gasteiger partial charge in [0.25, 0.3) is 5.91 Å². The van der Waals surface area contributed by atoms with Gasteiger partial charge in [0.1, 0.15) is 5.82 Å². The highest BCUT2D eigenvalue weighted by Crippen LogP contribution is 2.49. The van der Waals surface area contributed by atoms with Crippen LogP contribution in [0, 0.1) is 5.82 Å². The SMILES string of the molecule is COC(=O)Nc1nc2ccc(C3(OC(=O)C(F)(F)F)c4ccccc4C(=O)N3c3cccc(F)c3)cc2[nH]1. The number of imidazole rings is 1. The van der Waals surface area contributed by atoms with Crippen molar-refractivity contribution in [1.29, 1.82) is 0 Å². The quantitative estimate of drug-likeness (QED) is 0.289. The highest BCUT2D eigenvalue weighted by Gasteiger charge is 2.58. The molecular formula is C25H16F4N4O5. The molecule has 3 aromatic carbocycles. The van der Waals surface area contributed by atoms with Gasteiger partial charge in [0.2, 0.25) is 11.7 Å². The van der Waals surface area contributed by atoms with Crippen LogP contribution in [-0.2, 0) is 20.0 Å². The van der Waals surface area contributed by atoms with Crippen molar-refractivity contribution in [2.75, 3.05) is 17.3 Å². The number of nitrogens with zero attached hydrogens (tertiary/aromatic N) is 2. The Bertz CT molecular complexity index is 1600. The Kier molecular flexibility index (Phi) is 5.77. The molecule has 1 unspecified atom stereocenters. The lowest BCUT2D eigenvalue weighted by molar-refractivity contribution is -0.211. The van der Waals surface area contributed by atoms with E-state index in [4.69, 9.17) is 4.74 Å². The number of nitrogens with one attached hydrogen (secondary N) is 2. The van der Waals surface area contributed by atoms with Gasteiger partial charge in [-0.3, -0.25) is 15.0 Å². The largest absolute Gasteiger partial charge is 0.491 e. The first-order chi connectivity index (χ1) is 18.0. The number of benzene rings is 3. The summed E-state index contributed by atoms with van der Waals surface area (Å²) < 4.78 is 64.6. The lowest BCUT2D eigenvalue weighted by Crippen LogP contribution is -2.50. The molecule has 38 heavy (non-hydrogen) atoms. The van der Waals surface area contributed by atoms with Crippen LogP contribution < -0.4 is 10.2 Å². The molecule has 1 atom stereocenters. The monoisotopic (exact) mass is 528 g/mol. The Morgan fingerprint density at radius 1 is 1.05 bits per heavy atom. The summed E-state index contributed by atoms with van der Waals surface area (Å²) in [5.41, 5.74) is -2.34. The van der Waals surface area contributed by atoms with Gasteiger partial charge in [-0.05, 0) is 36.4 Å². The van der Waals surface area contributed by atoms with Crippen LogP contribution in [0.1, 0.15) is 21.5 Å². The van der Waals surface area contributed by atoms with Crippen LogP contribution in [0.4, 0.5) is 34.0 Å². The van der Waals surface area contributed by atoms with E-state index in [1.165, 1.54) is 54.6 Å². The molecule has 2 N–H and O–H groups in total. The molecule has 0 aliphatic carbocycles. The third-order valence-electron chi connectivity index (χ3n) is 5.86. The van der Waals surface area contributed by atoms with Gasteiger partial charge < -0.3 is 14.5 Å². The summed E-state index contributed by atoms with van der Waals surface area (Å²) in [6.07, 6.45) is -6.25. The summed E-state index contributed by atoms with van der Waals surface area (Å²) in [5.74, 6) is -4.19. The van der Waals surface area contributed by atoms with Crippen LogP contribution in [0.2, 0.25) is 0 Å². The first kappa shape index (κ1) is 24.7. The summed E-state index contributed by atoms with van der Waals surface area (Å²) in [6, 6.07) is 14.3. The predicted molar refractivity (Wildman–Crippen MR) is 125 cm³/mol. The molecule has 1 aliphatic heterocycles. The van der Waals surface area contributed by atoms with Gasteiger partial charge in [-0.25, -0.2) is 19.0 Å². The van der Waals surface area contributed by atoms with Crippen molar-refractivity contribution in [2.45, 2.75) is 11.9 Å². The van der Waals surface area contributed by atoms with Gasteiger partial charge in [0.05, 0.1) is 23.8 Å². The minimum absolute atomic E-state index is 0.0322. The Hall–Kier alpha value is -4.94. The number of methoxy groups -OCH3 is 1. The van der Waals surface area contributed by atoms with Crippen molar-refractivity contribution < 1.29 is 41.4 Å². The number of hydrogen-bond acceptors (Lipinski definition) is 6. The maximum absolute atomic E-state index is 14.2. The zero-order chi connectivity index (χ0) is 27.2. The number of hydrogen-bond donors (Lipinski definition) is 2. The van der Waals surface area contributed by atoms with E-state index in [1.54, 1.807) is 0 Å². The van der Waals surface area contributed by atoms with Crippen LogP contribution in [0.25, 0.3) is 11.0 Å². The van der Waals surface area contributed by atoms with Crippen LogP contribution in [0.3, 0.4) is 0 Å². The van der Waals surface area contributed by atoms with Gasteiger partial charge in [0.15, 0.2) is 0 Å². The number of H-pyrrole nitrogens is 1. The van der Waals surface area contributed by atoms with E-state index in [-0.39, 0.29) is 39.4 Å². The van der Waals surface area contributed by atoms with E-state index in [9.17, 15) is 31.9 Å². The van der Waals surface area contributed by atoms with Crippen molar-refractivity contribution in [3.8, 4) is 0 Å². The molecule has 194 valence electrons. The molecular weight excluding hydrogens is 512 g/mol. The molecule has 0 fully saturated rings. The Morgan fingerprint density at radius 2 is 1.82 bits per heavy atom. The lowest BCUT2D eigenvalue weighted by atomic mass is 9.92. The van der Waals surface area contributed by atoms with Crippen LogP contribution in [-0.4, -0.2) is 41.2 Å². The standard InChI is InChI=1S/C25H16F4N4O5/c1-37-23(36)32-22-30-18-10-9-13(11-19(18)31-22)24(38-21(35)25(27,28)29)17-8-3-2-7-16(17)20(34)33(24)15-6-4-5-14(26)12-15/h2-12H,1H3,(H2,30,31,32,36). The number of aromatic amines is 1. The fraction of sp³-hybridized carbons (Fsp3) is 0.120. The predicted octanol–water partition coefficient (Wildman–Crippen LogP) is 4.85. The van der Waals surface area contributed by atoms with E-state index >= 15 is 0 Å². The number of esters is 1. The molecule has 0 radical (unpaired) electrons. The number of rotatable bonds is 4. The molecule has 0 bridgehead atoms. The van der Waals surface area contributed by atoms with Crippen LogP contribution in [0.5, 0.6) is 0 Å². The number of alkyl halides is 3. The Labute approximate surface area is 211 Å². The van der Waals surface area contributed by atoms with E-state index in [0.717, 1.165) is 24.1 Å². The van der Waals surface area contributed by atoms with Crippen LogP contribution in [0.15, 0.2) is 66.7 Å². The van der Waals surface area contributed by atoms with Gasteiger partial charge in [0, 0.05) is 16.7 Å². The fourth-order valence-corrected chi connectivity index (χ4v) is 4.33. The van der Waals surface area contributed by atoms with E-state index in [1.807, 2.05) is 0 Å². The normalized spacial score (nSPS) is 16.9. The number of halogens is 4. The number of amides is 2. The Balaban J connectivity index is 1.78. The molecule has 2 amide bonds. The molecule has 13 heteroatoms. The number of carbonyl (C=O) groups excluding carboxylic acids is 3. The summed E-state index contributed by atoms with van der Waals surface area (Å²) in [4.78, 5) is 45.2. The topological polar surface area (TPSA) is 114 Å². The fourth-order valence-electron chi connectivity index (χ4n) is 4.33. The molecule has 0 spiro atoms. The zero-order valence-electron chi connectivity index (χ0n) is 19.3. The molecule has 5 rings (SSSR count). The number of carbonyl (C=O) groups is 3. The first-order valence-electron chi connectivity index (χ1n) is 10.9. The second kappa shape index (κ2) is 8.87. The lowest BCUT2D eigenvalue weighted by Gasteiger charge is -2.38. The maximum Gasteiger partial charge on any atom is 0.491 e. The number of aromatic nitrogens is 2. The van der Waals surface area contributed by atoms with E-state index in [0.29, 0.717) is 0 Å². The second-order valence-corrected chi connectivity index (χ2v) is 8.13.